The predicted molar refractivity (Wildman–Crippen MR) is 91.5 cm³/mol. The van der Waals surface area contributed by atoms with Crippen LogP contribution in [0.3, 0.4) is 0 Å². The molecule has 0 spiro atoms. The molecule has 1 aliphatic rings. The molecule has 0 bridgehead atoms. The van der Waals surface area contributed by atoms with Gasteiger partial charge in [0.05, 0.1) is 12.1 Å². The van der Waals surface area contributed by atoms with Gasteiger partial charge in [0.25, 0.3) is 5.91 Å². The van der Waals surface area contributed by atoms with Crippen LogP contribution >= 0.6 is 27.3 Å². The predicted octanol–water partition coefficient (Wildman–Crippen LogP) is 1.36. The summed E-state index contributed by atoms with van der Waals surface area (Å²) in [5.74, 6) is -0.779. The highest BCUT2D eigenvalue weighted by Crippen LogP contribution is 2.25. The van der Waals surface area contributed by atoms with E-state index in [4.69, 9.17) is 0 Å². The second-order valence-corrected chi connectivity index (χ2v) is 6.93. The van der Waals surface area contributed by atoms with E-state index in [0.717, 1.165) is 10.9 Å². The number of carbonyl (C=O) groups excluding carboxylic acids is 3. The van der Waals surface area contributed by atoms with Gasteiger partial charge < -0.3 is 4.98 Å². The highest BCUT2D eigenvalue weighted by molar-refractivity contribution is 9.10. The third-order valence-electron chi connectivity index (χ3n) is 3.39. The van der Waals surface area contributed by atoms with Crippen molar-refractivity contribution in [3.8, 4) is 0 Å². The summed E-state index contributed by atoms with van der Waals surface area (Å²) in [6, 6.07) is 1.60. The second kappa shape index (κ2) is 7.14. The lowest BCUT2D eigenvalue weighted by Gasteiger charge is -2.10. The number of hydrazine groups is 1. The van der Waals surface area contributed by atoms with Gasteiger partial charge in [0.2, 0.25) is 11.8 Å². The number of hydrogen-bond donors (Lipinski definition) is 3. The SMILES string of the molecule is O=C(Cc1csc(N2CCCC2=O)n1)NNC(=O)c1cc(Br)c[nH]1. The first kappa shape index (κ1) is 16.7. The third kappa shape index (κ3) is 3.82. The van der Waals surface area contributed by atoms with Crippen molar-refractivity contribution in [2.75, 3.05) is 11.4 Å². The molecule has 10 heteroatoms. The lowest BCUT2D eigenvalue weighted by Crippen LogP contribution is -2.42. The van der Waals surface area contributed by atoms with Crippen LogP contribution in [0.4, 0.5) is 5.13 Å². The van der Waals surface area contributed by atoms with Crippen LogP contribution in [0, 0.1) is 0 Å². The first-order valence-electron chi connectivity index (χ1n) is 7.21. The lowest BCUT2D eigenvalue weighted by molar-refractivity contribution is -0.121. The van der Waals surface area contributed by atoms with E-state index < -0.39 is 11.8 Å². The molecule has 0 radical (unpaired) electrons. The van der Waals surface area contributed by atoms with Gasteiger partial charge in [-0.3, -0.25) is 30.1 Å². The van der Waals surface area contributed by atoms with Crippen molar-refractivity contribution in [3.05, 3.63) is 33.5 Å². The van der Waals surface area contributed by atoms with Gasteiger partial charge in [-0.05, 0) is 28.4 Å². The quantitative estimate of drug-likeness (QED) is 0.660. The zero-order valence-electron chi connectivity index (χ0n) is 12.5. The van der Waals surface area contributed by atoms with Crippen molar-refractivity contribution in [2.24, 2.45) is 0 Å². The smallest absolute Gasteiger partial charge is 0.286 e. The molecule has 3 amide bonds. The Balaban J connectivity index is 1.51. The van der Waals surface area contributed by atoms with Crippen molar-refractivity contribution < 1.29 is 14.4 Å². The molecule has 3 rings (SSSR count). The van der Waals surface area contributed by atoms with Crippen LogP contribution in [0.1, 0.15) is 29.0 Å². The Hall–Kier alpha value is -2.20. The number of rotatable bonds is 4. The van der Waals surface area contributed by atoms with Gasteiger partial charge in [-0.1, -0.05) is 0 Å². The molecule has 0 unspecified atom stereocenters. The van der Waals surface area contributed by atoms with Crippen LogP contribution in [-0.4, -0.2) is 34.2 Å². The molecule has 8 nitrogen and oxygen atoms in total. The first-order valence-corrected chi connectivity index (χ1v) is 8.88. The molecule has 24 heavy (non-hydrogen) atoms. The zero-order chi connectivity index (χ0) is 17.1. The van der Waals surface area contributed by atoms with Crippen molar-refractivity contribution >= 4 is 50.1 Å². The van der Waals surface area contributed by atoms with Crippen LogP contribution in [0.5, 0.6) is 0 Å². The van der Waals surface area contributed by atoms with Crippen molar-refractivity contribution in [1.82, 2.24) is 20.8 Å². The van der Waals surface area contributed by atoms with E-state index in [1.165, 1.54) is 11.3 Å². The van der Waals surface area contributed by atoms with Gasteiger partial charge >= 0.3 is 0 Å². The Morgan fingerprint density at radius 1 is 1.42 bits per heavy atom. The van der Waals surface area contributed by atoms with Crippen LogP contribution in [0.15, 0.2) is 22.1 Å². The van der Waals surface area contributed by atoms with Gasteiger partial charge in [0, 0.05) is 29.0 Å². The van der Waals surface area contributed by atoms with Gasteiger partial charge in [0.1, 0.15) is 5.69 Å². The Bertz CT molecular complexity index is 787. The normalized spacial score (nSPS) is 14.0. The molecule has 1 saturated heterocycles. The largest absolute Gasteiger partial charge is 0.356 e. The van der Waals surface area contributed by atoms with Gasteiger partial charge in [-0.2, -0.15) is 0 Å². The number of aromatic amines is 1. The highest BCUT2D eigenvalue weighted by atomic mass is 79.9. The first-order chi connectivity index (χ1) is 11.5. The number of thiazole rings is 1. The van der Waals surface area contributed by atoms with Crippen molar-refractivity contribution in [1.29, 1.82) is 0 Å². The van der Waals surface area contributed by atoms with Crippen molar-refractivity contribution in [2.45, 2.75) is 19.3 Å². The van der Waals surface area contributed by atoms with Gasteiger partial charge in [0.15, 0.2) is 5.13 Å². The van der Waals surface area contributed by atoms with E-state index >= 15 is 0 Å². The molecule has 1 fully saturated rings. The van der Waals surface area contributed by atoms with E-state index in [-0.39, 0.29) is 12.3 Å². The number of nitrogens with zero attached hydrogens (tertiary/aromatic N) is 2. The fraction of sp³-hybridized carbons (Fsp3) is 0.286. The number of halogens is 1. The number of amides is 3. The average Bonchev–Trinajstić information content (AvgIpc) is 3.26. The summed E-state index contributed by atoms with van der Waals surface area (Å²) in [6.07, 6.45) is 3.01. The number of H-pyrrole nitrogens is 1. The van der Waals surface area contributed by atoms with Crippen LogP contribution in [0.25, 0.3) is 0 Å². The molecule has 126 valence electrons. The summed E-state index contributed by atoms with van der Waals surface area (Å²) in [5, 5.41) is 2.35. The zero-order valence-corrected chi connectivity index (χ0v) is 14.9. The Morgan fingerprint density at radius 2 is 2.25 bits per heavy atom. The Labute approximate surface area is 149 Å². The summed E-state index contributed by atoms with van der Waals surface area (Å²) in [6.45, 7) is 0.666. The summed E-state index contributed by atoms with van der Waals surface area (Å²) >= 11 is 4.56. The molecule has 3 heterocycles. The monoisotopic (exact) mass is 411 g/mol. The topological polar surface area (TPSA) is 107 Å². The molecule has 0 saturated carbocycles. The summed E-state index contributed by atoms with van der Waals surface area (Å²) in [4.78, 5) is 44.1. The van der Waals surface area contributed by atoms with E-state index in [2.05, 4.69) is 36.7 Å². The second-order valence-electron chi connectivity index (χ2n) is 5.18. The van der Waals surface area contributed by atoms with Gasteiger partial charge in [-0.15, -0.1) is 11.3 Å². The summed E-state index contributed by atoms with van der Waals surface area (Å²) < 4.78 is 0.741. The molecule has 0 aliphatic carbocycles. The number of aromatic nitrogens is 2. The summed E-state index contributed by atoms with van der Waals surface area (Å²) in [5.41, 5.74) is 5.54. The standard InChI is InChI=1S/C14H14BrN5O3S/c15-8-4-10(16-6-8)13(23)19-18-11(21)5-9-7-24-14(17-9)20-3-1-2-12(20)22/h4,6-7,16H,1-3,5H2,(H,18,21)(H,19,23). The minimum absolute atomic E-state index is 0.0211. The van der Waals surface area contributed by atoms with E-state index in [0.29, 0.717) is 29.5 Å². The third-order valence-corrected chi connectivity index (χ3v) is 4.76. The minimum Gasteiger partial charge on any atom is -0.356 e. The van der Waals surface area contributed by atoms with Crippen LogP contribution in [0.2, 0.25) is 0 Å². The molecule has 2 aromatic rings. The number of hydrogen-bond acceptors (Lipinski definition) is 5. The van der Waals surface area contributed by atoms with E-state index in [9.17, 15) is 14.4 Å². The van der Waals surface area contributed by atoms with Gasteiger partial charge in [-0.25, -0.2) is 4.98 Å². The molecular weight excluding hydrogens is 398 g/mol. The van der Waals surface area contributed by atoms with Crippen LogP contribution in [-0.2, 0) is 16.0 Å². The molecule has 2 aromatic heterocycles. The number of carbonyl (C=O) groups is 3. The molecule has 3 N–H and O–H groups in total. The Kier molecular flexibility index (Phi) is 4.95. The Morgan fingerprint density at radius 3 is 2.92 bits per heavy atom. The van der Waals surface area contributed by atoms with E-state index in [1.54, 1.807) is 22.5 Å². The maximum absolute atomic E-state index is 11.9. The minimum atomic E-state index is -0.448. The molecular formula is C14H14BrN5O3S. The highest BCUT2D eigenvalue weighted by Gasteiger charge is 2.24. The van der Waals surface area contributed by atoms with E-state index in [1.807, 2.05) is 0 Å². The summed E-state index contributed by atoms with van der Waals surface area (Å²) in [7, 11) is 0. The van der Waals surface area contributed by atoms with Crippen LogP contribution < -0.4 is 15.8 Å². The van der Waals surface area contributed by atoms with Crippen molar-refractivity contribution in [3.63, 3.8) is 0 Å². The lowest BCUT2D eigenvalue weighted by atomic mass is 10.3. The molecule has 0 aromatic carbocycles. The number of nitrogens with one attached hydrogen (secondary N) is 3. The molecule has 1 aliphatic heterocycles. The average molecular weight is 412 g/mol. The maximum atomic E-state index is 11.9. The fourth-order valence-electron chi connectivity index (χ4n) is 2.25. The fourth-order valence-corrected chi connectivity index (χ4v) is 3.46. The maximum Gasteiger partial charge on any atom is 0.286 e. The number of anilines is 1. The molecule has 0 atom stereocenters.